The first-order chi connectivity index (χ1) is 11.1. The fraction of sp³-hybridized carbons (Fsp3) is 0.588. The van der Waals surface area contributed by atoms with Crippen molar-refractivity contribution in [3.05, 3.63) is 29.8 Å². The van der Waals surface area contributed by atoms with Gasteiger partial charge in [0, 0.05) is 51.5 Å². The number of nitrogens with zero attached hydrogens (tertiary/aromatic N) is 3. The van der Waals surface area contributed by atoms with Crippen molar-refractivity contribution in [1.29, 1.82) is 0 Å². The molecule has 0 bridgehead atoms. The number of β-amino-alcohol motifs (C(OH)–C–C–N with tert-alkyl or cyclic N) is 1. The van der Waals surface area contributed by atoms with E-state index in [1.807, 2.05) is 43.3 Å². The average Bonchev–Trinajstić information content (AvgIpc) is 2.97. The van der Waals surface area contributed by atoms with E-state index < -0.39 is 6.10 Å². The highest BCUT2D eigenvalue weighted by Crippen LogP contribution is 2.21. The van der Waals surface area contributed by atoms with Gasteiger partial charge in [-0.1, -0.05) is 6.07 Å². The third-order valence-electron chi connectivity index (χ3n) is 4.67. The Kier molecular flexibility index (Phi) is 4.84. The Morgan fingerprint density at radius 3 is 2.70 bits per heavy atom. The van der Waals surface area contributed by atoms with Crippen LogP contribution < -0.4 is 4.90 Å². The number of morpholine rings is 1. The first-order valence-electron chi connectivity index (χ1n) is 8.13. The Morgan fingerprint density at radius 1 is 1.26 bits per heavy atom. The lowest BCUT2D eigenvalue weighted by Crippen LogP contribution is -2.49. The van der Waals surface area contributed by atoms with Crippen LogP contribution in [0, 0.1) is 0 Å². The van der Waals surface area contributed by atoms with Gasteiger partial charge in [0.2, 0.25) is 0 Å². The van der Waals surface area contributed by atoms with Crippen LogP contribution in [0.15, 0.2) is 24.3 Å². The standard InChI is InChI=1S/C17H25N3O3/c1-18(2)14-5-3-4-13(10-14)17(22)20-11-15(16(21)12-20)19-6-8-23-9-7-19/h3-5,10,15-16,21H,6-9,11-12H2,1-2H3/t15-,16-/m0/s1. The topological polar surface area (TPSA) is 56.2 Å². The highest BCUT2D eigenvalue weighted by molar-refractivity contribution is 5.95. The molecule has 0 spiro atoms. The number of amides is 1. The smallest absolute Gasteiger partial charge is 0.254 e. The van der Waals surface area contributed by atoms with E-state index >= 15 is 0 Å². The average molecular weight is 319 g/mol. The third-order valence-corrected chi connectivity index (χ3v) is 4.67. The summed E-state index contributed by atoms with van der Waals surface area (Å²) in [4.78, 5) is 18.7. The summed E-state index contributed by atoms with van der Waals surface area (Å²) in [6.45, 7) is 4.00. The second kappa shape index (κ2) is 6.86. The van der Waals surface area contributed by atoms with Crippen molar-refractivity contribution in [2.45, 2.75) is 12.1 Å². The summed E-state index contributed by atoms with van der Waals surface area (Å²) in [7, 11) is 3.91. The molecule has 2 aliphatic rings. The van der Waals surface area contributed by atoms with Crippen molar-refractivity contribution in [3.63, 3.8) is 0 Å². The number of hydrogen-bond acceptors (Lipinski definition) is 5. The van der Waals surface area contributed by atoms with Gasteiger partial charge in [-0.05, 0) is 18.2 Å². The zero-order chi connectivity index (χ0) is 16.4. The summed E-state index contributed by atoms with van der Waals surface area (Å²) >= 11 is 0. The van der Waals surface area contributed by atoms with Gasteiger partial charge in [-0.2, -0.15) is 0 Å². The number of carbonyl (C=O) groups excluding carboxylic acids is 1. The summed E-state index contributed by atoms with van der Waals surface area (Å²) in [6.07, 6.45) is -0.492. The lowest BCUT2D eigenvalue weighted by Gasteiger charge is -2.33. The third kappa shape index (κ3) is 3.49. The van der Waals surface area contributed by atoms with E-state index in [0.717, 1.165) is 18.8 Å². The van der Waals surface area contributed by atoms with E-state index in [1.165, 1.54) is 0 Å². The van der Waals surface area contributed by atoms with Crippen molar-refractivity contribution in [2.75, 3.05) is 58.4 Å². The molecule has 2 heterocycles. The molecule has 23 heavy (non-hydrogen) atoms. The normalized spacial score (nSPS) is 25.6. The number of rotatable bonds is 3. The molecule has 2 saturated heterocycles. The van der Waals surface area contributed by atoms with Gasteiger partial charge in [-0.15, -0.1) is 0 Å². The SMILES string of the molecule is CN(C)c1cccc(C(=O)N2C[C@H](O)[C@@H](N3CCOCC3)C2)c1. The first kappa shape index (κ1) is 16.2. The summed E-state index contributed by atoms with van der Waals surface area (Å²) in [6, 6.07) is 7.63. The Bertz CT molecular complexity index is 558. The van der Waals surface area contributed by atoms with Gasteiger partial charge in [0.15, 0.2) is 0 Å². The summed E-state index contributed by atoms with van der Waals surface area (Å²) < 4.78 is 5.37. The first-order valence-corrected chi connectivity index (χ1v) is 8.13. The molecule has 126 valence electrons. The zero-order valence-corrected chi connectivity index (χ0v) is 13.8. The van der Waals surface area contributed by atoms with Gasteiger partial charge in [0.1, 0.15) is 0 Å². The summed E-state index contributed by atoms with van der Waals surface area (Å²) in [5, 5.41) is 10.4. The number of carbonyl (C=O) groups is 1. The molecule has 1 N–H and O–H groups in total. The Balaban J connectivity index is 1.70. The van der Waals surface area contributed by atoms with Crippen molar-refractivity contribution >= 4 is 11.6 Å². The van der Waals surface area contributed by atoms with E-state index in [9.17, 15) is 9.90 Å². The number of ether oxygens (including phenoxy) is 1. The Morgan fingerprint density at radius 2 is 2.00 bits per heavy atom. The number of likely N-dealkylation sites (tertiary alicyclic amines) is 1. The van der Waals surface area contributed by atoms with Crippen LogP contribution in [0.2, 0.25) is 0 Å². The summed E-state index contributed by atoms with van der Waals surface area (Å²) in [5.41, 5.74) is 1.67. The molecule has 1 amide bonds. The van der Waals surface area contributed by atoms with Gasteiger partial charge in [0.05, 0.1) is 25.4 Å². The summed E-state index contributed by atoms with van der Waals surface area (Å²) in [5.74, 6) is -0.0106. The van der Waals surface area contributed by atoms with Gasteiger partial charge < -0.3 is 19.6 Å². The number of benzene rings is 1. The lowest BCUT2D eigenvalue weighted by atomic mass is 10.1. The molecule has 1 aromatic carbocycles. The van der Waals surface area contributed by atoms with Crippen LogP contribution in [0.3, 0.4) is 0 Å². The Hall–Kier alpha value is -1.63. The van der Waals surface area contributed by atoms with Crippen LogP contribution in [0.5, 0.6) is 0 Å². The maximum absolute atomic E-state index is 12.7. The minimum atomic E-state index is -0.492. The molecular formula is C17H25N3O3. The molecule has 1 aromatic rings. The minimum absolute atomic E-state index is 0.0106. The quantitative estimate of drug-likeness (QED) is 0.867. The van der Waals surface area contributed by atoms with Crippen LogP contribution in [-0.4, -0.2) is 86.4 Å². The number of hydrogen-bond donors (Lipinski definition) is 1. The van der Waals surface area contributed by atoms with Crippen molar-refractivity contribution in [1.82, 2.24) is 9.80 Å². The monoisotopic (exact) mass is 319 g/mol. The van der Waals surface area contributed by atoms with Gasteiger partial charge in [-0.25, -0.2) is 0 Å². The van der Waals surface area contributed by atoms with E-state index in [4.69, 9.17) is 4.74 Å². The Labute approximate surface area is 137 Å². The van der Waals surface area contributed by atoms with Gasteiger partial charge in [-0.3, -0.25) is 9.69 Å². The maximum Gasteiger partial charge on any atom is 0.254 e. The molecule has 3 rings (SSSR count). The van der Waals surface area contributed by atoms with E-state index in [-0.39, 0.29) is 11.9 Å². The molecule has 0 aliphatic carbocycles. The minimum Gasteiger partial charge on any atom is -0.390 e. The van der Waals surface area contributed by atoms with Crippen LogP contribution >= 0.6 is 0 Å². The highest BCUT2D eigenvalue weighted by Gasteiger charge is 2.38. The van der Waals surface area contributed by atoms with Crippen LogP contribution in [0.4, 0.5) is 5.69 Å². The van der Waals surface area contributed by atoms with Crippen LogP contribution in [0.1, 0.15) is 10.4 Å². The molecule has 6 nitrogen and oxygen atoms in total. The molecule has 0 radical (unpaired) electrons. The van der Waals surface area contributed by atoms with E-state index in [0.29, 0.717) is 31.9 Å². The number of aliphatic hydroxyl groups is 1. The largest absolute Gasteiger partial charge is 0.390 e. The molecular weight excluding hydrogens is 294 g/mol. The second-order valence-corrected chi connectivity index (χ2v) is 6.44. The fourth-order valence-electron chi connectivity index (χ4n) is 3.30. The number of anilines is 1. The van der Waals surface area contributed by atoms with E-state index in [2.05, 4.69) is 4.90 Å². The molecule has 2 atom stereocenters. The number of aliphatic hydroxyl groups excluding tert-OH is 1. The highest BCUT2D eigenvalue weighted by atomic mass is 16.5. The van der Waals surface area contributed by atoms with Crippen molar-refractivity contribution < 1.29 is 14.6 Å². The van der Waals surface area contributed by atoms with Gasteiger partial charge >= 0.3 is 0 Å². The predicted molar refractivity (Wildman–Crippen MR) is 88.9 cm³/mol. The second-order valence-electron chi connectivity index (χ2n) is 6.44. The van der Waals surface area contributed by atoms with Crippen molar-refractivity contribution in [3.8, 4) is 0 Å². The molecule has 2 aliphatic heterocycles. The fourth-order valence-corrected chi connectivity index (χ4v) is 3.30. The van der Waals surface area contributed by atoms with E-state index in [1.54, 1.807) is 4.90 Å². The van der Waals surface area contributed by atoms with Crippen molar-refractivity contribution in [2.24, 2.45) is 0 Å². The molecule has 0 unspecified atom stereocenters. The predicted octanol–water partition coefficient (Wildman–Crippen LogP) is 0.270. The maximum atomic E-state index is 12.7. The van der Waals surface area contributed by atoms with Crippen LogP contribution in [0.25, 0.3) is 0 Å². The molecule has 2 fully saturated rings. The molecule has 0 saturated carbocycles. The molecule has 6 heteroatoms. The molecule has 0 aromatic heterocycles. The zero-order valence-electron chi connectivity index (χ0n) is 13.8. The van der Waals surface area contributed by atoms with Crippen LogP contribution in [-0.2, 0) is 4.74 Å². The lowest BCUT2D eigenvalue weighted by molar-refractivity contribution is -0.00611. The van der Waals surface area contributed by atoms with Gasteiger partial charge in [0.25, 0.3) is 5.91 Å².